The number of likely N-dealkylation sites (tertiary alicyclic amines) is 1. The molecule has 0 N–H and O–H groups in total. The van der Waals surface area contributed by atoms with Gasteiger partial charge in [0, 0.05) is 19.0 Å². The van der Waals surface area contributed by atoms with Crippen LogP contribution in [0.3, 0.4) is 0 Å². The summed E-state index contributed by atoms with van der Waals surface area (Å²) in [6.45, 7) is 2.01. The Morgan fingerprint density at radius 1 is 1.50 bits per heavy atom. The van der Waals surface area contributed by atoms with Gasteiger partial charge in [-0.15, -0.1) is 0 Å². The second-order valence-corrected chi connectivity index (χ2v) is 5.89. The van der Waals surface area contributed by atoms with Gasteiger partial charge in [0.25, 0.3) is 0 Å². The predicted octanol–water partition coefficient (Wildman–Crippen LogP) is 2.81. The molecule has 1 heterocycles. The van der Waals surface area contributed by atoms with E-state index >= 15 is 0 Å². The van der Waals surface area contributed by atoms with E-state index in [1.54, 1.807) is 30.0 Å². The van der Waals surface area contributed by atoms with E-state index in [2.05, 4.69) is 0 Å². The van der Waals surface area contributed by atoms with Gasteiger partial charge in [0.15, 0.2) is 11.6 Å². The fourth-order valence-corrected chi connectivity index (χ4v) is 2.84. The van der Waals surface area contributed by atoms with Crippen molar-refractivity contribution in [3.8, 4) is 5.75 Å². The molecule has 3 nitrogen and oxygen atoms in total. The molecule has 20 heavy (non-hydrogen) atoms. The third-order valence-electron chi connectivity index (χ3n) is 3.45. The molecule has 1 amide bonds. The number of amides is 1. The van der Waals surface area contributed by atoms with Gasteiger partial charge in [0.2, 0.25) is 5.91 Å². The SMILES string of the molecule is CSCC(=O)N1CCCC(COc2ccccc2F)C1. The Kier molecular flexibility index (Phi) is 5.71. The molecule has 0 bridgehead atoms. The van der Waals surface area contributed by atoms with Crippen molar-refractivity contribution < 1.29 is 13.9 Å². The summed E-state index contributed by atoms with van der Waals surface area (Å²) in [5.41, 5.74) is 0. The van der Waals surface area contributed by atoms with E-state index in [-0.39, 0.29) is 17.6 Å². The molecule has 0 radical (unpaired) electrons. The molecule has 1 aliphatic heterocycles. The number of ether oxygens (including phenoxy) is 1. The van der Waals surface area contributed by atoms with Crippen LogP contribution >= 0.6 is 11.8 Å². The summed E-state index contributed by atoms with van der Waals surface area (Å²) < 4.78 is 19.0. The maximum atomic E-state index is 13.5. The third kappa shape index (κ3) is 4.13. The first kappa shape index (κ1) is 15.2. The van der Waals surface area contributed by atoms with Crippen LogP contribution in [0.1, 0.15) is 12.8 Å². The van der Waals surface area contributed by atoms with E-state index < -0.39 is 0 Å². The standard InChI is InChI=1S/C15H20FNO2S/c1-20-11-15(18)17-8-4-5-12(9-17)10-19-14-7-3-2-6-13(14)16/h2-3,6-7,12H,4-5,8-11H2,1H3. The molecular weight excluding hydrogens is 277 g/mol. The lowest BCUT2D eigenvalue weighted by molar-refractivity contribution is -0.130. The number of hydrogen-bond donors (Lipinski definition) is 0. The molecule has 110 valence electrons. The molecule has 0 saturated carbocycles. The first-order valence-corrected chi connectivity index (χ1v) is 8.24. The monoisotopic (exact) mass is 297 g/mol. The first-order valence-electron chi connectivity index (χ1n) is 6.84. The Hall–Kier alpha value is -1.23. The van der Waals surface area contributed by atoms with Gasteiger partial charge in [0.05, 0.1) is 12.4 Å². The molecule has 1 fully saturated rings. The molecular formula is C15H20FNO2S. The number of carbonyl (C=O) groups is 1. The number of halogens is 1. The minimum Gasteiger partial charge on any atom is -0.490 e. The van der Waals surface area contributed by atoms with Gasteiger partial charge in [-0.3, -0.25) is 4.79 Å². The number of carbonyl (C=O) groups excluding carboxylic acids is 1. The summed E-state index contributed by atoms with van der Waals surface area (Å²) in [7, 11) is 0. The highest BCUT2D eigenvalue weighted by atomic mass is 32.2. The number of thioether (sulfide) groups is 1. The maximum absolute atomic E-state index is 13.5. The Morgan fingerprint density at radius 2 is 2.30 bits per heavy atom. The molecule has 1 aromatic rings. The van der Waals surface area contributed by atoms with Crippen molar-refractivity contribution in [3.05, 3.63) is 30.1 Å². The van der Waals surface area contributed by atoms with Crippen LogP contribution in [0, 0.1) is 11.7 Å². The van der Waals surface area contributed by atoms with Crippen LogP contribution in [-0.2, 0) is 4.79 Å². The van der Waals surface area contributed by atoms with Crippen LogP contribution in [0.25, 0.3) is 0 Å². The molecule has 0 aliphatic carbocycles. The smallest absolute Gasteiger partial charge is 0.232 e. The molecule has 1 aromatic carbocycles. The quantitative estimate of drug-likeness (QED) is 0.837. The minimum atomic E-state index is -0.335. The van der Waals surface area contributed by atoms with E-state index in [0.717, 1.165) is 19.4 Å². The average molecular weight is 297 g/mol. The molecule has 1 saturated heterocycles. The number of nitrogens with zero attached hydrogens (tertiary/aromatic N) is 1. The number of para-hydroxylation sites is 1. The molecule has 5 heteroatoms. The van der Waals surface area contributed by atoms with E-state index in [4.69, 9.17) is 4.74 Å². The van der Waals surface area contributed by atoms with Crippen molar-refractivity contribution >= 4 is 17.7 Å². The molecule has 2 rings (SSSR count). The number of rotatable bonds is 5. The van der Waals surface area contributed by atoms with Gasteiger partial charge in [0.1, 0.15) is 0 Å². The second kappa shape index (κ2) is 7.53. The Morgan fingerprint density at radius 3 is 3.05 bits per heavy atom. The van der Waals surface area contributed by atoms with Gasteiger partial charge < -0.3 is 9.64 Å². The van der Waals surface area contributed by atoms with Crippen molar-refractivity contribution in [1.82, 2.24) is 4.90 Å². The summed E-state index contributed by atoms with van der Waals surface area (Å²) in [5, 5.41) is 0. The second-order valence-electron chi connectivity index (χ2n) is 5.02. The van der Waals surface area contributed by atoms with Gasteiger partial charge in [-0.25, -0.2) is 4.39 Å². The van der Waals surface area contributed by atoms with E-state index in [1.165, 1.54) is 6.07 Å². The lowest BCUT2D eigenvalue weighted by Gasteiger charge is -2.32. The lowest BCUT2D eigenvalue weighted by atomic mass is 9.99. The van der Waals surface area contributed by atoms with Crippen LogP contribution in [0.15, 0.2) is 24.3 Å². The number of hydrogen-bond acceptors (Lipinski definition) is 3. The predicted molar refractivity (Wildman–Crippen MR) is 79.6 cm³/mol. The number of benzene rings is 1. The largest absolute Gasteiger partial charge is 0.490 e. The average Bonchev–Trinajstić information content (AvgIpc) is 2.47. The van der Waals surface area contributed by atoms with Crippen LogP contribution < -0.4 is 4.74 Å². The fraction of sp³-hybridized carbons (Fsp3) is 0.533. The fourth-order valence-electron chi connectivity index (χ4n) is 2.41. The van der Waals surface area contributed by atoms with Crippen LogP contribution in [0.5, 0.6) is 5.75 Å². The van der Waals surface area contributed by atoms with Crippen molar-refractivity contribution in [1.29, 1.82) is 0 Å². The minimum absolute atomic E-state index is 0.188. The highest BCUT2D eigenvalue weighted by Gasteiger charge is 2.23. The summed E-state index contributed by atoms with van der Waals surface area (Å²) in [5.74, 6) is 0.960. The van der Waals surface area contributed by atoms with E-state index in [0.29, 0.717) is 24.7 Å². The normalized spacial score (nSPS) is 18.9. The van der Waals surface area contributed by atoms with Crippen LogP contribution in [0.2, 0.25) is 0 Å². The highest BCUT2D eigenvalue weighted by Crippen LogP contribution is 2.21. The van der Waals surface area contributed by atoms with Crippen LogP contribution in [-0.4, -0.2) is 42.5 Å². The van der Waals surface area contributed by atoms with Gasteiger partial charge in [-0.2, -0.15) is 11.8 Å². The van der Waals surface area contributed by atoms with Gasteiger partial charge >= 0.3 is 0 Å². The lowest BCUT2D eigenvalue weighted by Crippen LogP contribution is -2.42. The summed E-state index contributed by atoms with van der Waals surface area (Å²) in [6.07, 6.45) is 3.95. The Labute approximate surface area is 123 Å². The summed E-state index contributed by atoms with van der Waals surface area (Å²) in [4.78, 5) is 13.8. The van der Waals surface area contributed by atoms with Crippen molar-refractivity contribution in [2.45, 2.75) is 12.8 Å². The molecule has 0 aromatic heterocycles. The Bertz CT molecular complexity index is 455. The third-order valence-corrected chi connectivity index (χ3v) is 3.99. The summed E-state index contributed by atoms with van der Waals surface area (Å²) >= 11 is 1.54. The van der Waals surface area contributed by atoms with Crippen molar-refractivity contribution in [2.75, 3.05) is 31.7 Å². The topological polar surface area (TPSA) is 29.5 Å². The number of piperidine rings is 1. The highest BCUT2D eigenvalue weighted by molar-refractivity contribution is 7.99. The molecule has 1 aliphatic rings. The van der Waals surface area contributed by atoms with Crippen LogP contribution in [0.4, 0.5) is 4.39 Å². The summed E-state index contributed by atoms with van der Waals surface area (Å²) in [6, 6.07) is 6.43. The Balaban J connectivity index is 1.84. The molecule has 0 spiro atoms. The van der Waals surface area contributed by atoms with Gasteiger partial charge in [-0.1, -0.05) is 12.1 Å². The van der Waals surface area contributed by atoms with Gasteiger partial charge in [-0.05, 0) is 31.2 Å². The maximum Gasteiger partial charge on any atom is 0.232 e. The van der Waals surface area contributed by atoms with E-state index in [9.17, 15) is 9.18 Å². The zero-order valence-corrected chi connectivity index (χ0v) is 12.5. The van der Waals surface area contributed by atoms with Crippen molar-refractivity contribution in [2.24, 2.45) is 5.92 Å². The van der Waals surface area contributed by atoms with Crippen molar-refractivity contribution in [3.63, 3.8) is 0 Å². The molecule has 1 unspecified atom stereocenters. The first-order chi connectivity index (χ1) is 9.70. The zero-order valence-electron chi connectivity index (χ0n) is 11.7. The molecule has 1 atom stereocenters. The zero-order chi connectivity index (χ0) is 14.4. The van der Waals surface area contributed by atoms with E-state index in [1.807, 2.05) is 11.2 Å².